The number of halogens is 1. The largest absolute Gasteiger partial charge is 0.369 e. The Balaban J connectivity index is 2.08. The van der Waals surface area contributed by atoms with Gasteiger partial charge in [0.1, 0.15) is 0 Å². The molecule has 2 aromatic rings. The van der Waals surface area contributed by atoms with E-state index in [-0.39, 0.29) is 0 Å². The van der Waals surface area contributed by atoms with Gasteiger partial charge in [-0.15, -0.1) is 0 Å². The zero-order chi connectivity index (χ0) is 12.5. The second-order valence-corrected chi connectivity index (χ2v) is 6.03. The summed E-state index contributed by atoms with van der Waals surface area (Å²) < 4.78 is 3.33. The van der Waals surface area contributed by atoms with Crippen LogP contribution in [0.3, 0.4) is 0 Å². The first-order chi connectivity index (χ1) is 8.75. The van der Waals surface area contributed by atoms with Crippen molar-refractivity contribution in [1.82, 2.24) is 9.55 Å². The van der Waals surface area contributed by atoms with E-state index < -0.39 is 0 Å². The standard InChI is InChI=1S/C14H18BrN3/c15-10-7-8-12-13(9-10)18(14(16)17-12)11-5-3-1-2-4-6-11/h7-9,11H,1-6H2,(H2,16,17). The van der Waals surface area contributed by atoms with Gasteiger partial charge in [0, 0.05) is 10.5 Å². The molecular formula is C14H18BrN3. The Hall–Kier alpha value is -1.03. The summed E-state index contributed by atoms with van der Waals surface area (Å²) in [4.78, 5) is 4.48. The second-order valence-electron chi connectivity index (χ2n) is 5.12. The van der Waals surface area contributed by atoms with Crippen molar-refractivity contribution in [3.05, 3.63) is 22.7 Å². The fourth-order valence-corrected chi connectivity index (χ4v) is 3.33. The number of rotatable bonds is 1. The van der Waals surface area contributed by atoms with Gasteiger partial charge in [-0.25, -0.2) is 4.98 Å². The molecule has 1 saturated carbocycles. The molecule has 3 nitrogen and oxygen atoms in total. The van der Waals surface area contributed by atoms with E-state index in [2.05, 4.69) is 31.5 Å². The summed E-state index contributed by atoms with van der Waals surface area (Å²) >= 11 is 3.53. The molecule has 3 rings (SSSR count). The van der Waals surface area contributed by atoms with E-state index in [1.54, 1.807) is 0 Å². The number of nitrogens with zero attached hydrogens (tertiary/aromatic N) is 2. The summed E-state index contributed by atoms with van der Waals surface area (Å²) in [5, 5.41) is 0. The van der Waals surface area contributed by atoms with Crippen LogP contribution < -0.4 is 5.73 Å². The molecule has 1 aromatic heterocycles. The normalized spacial score (nSPS) is 18.1. The van der Waals surface area contributed by atoms with Crippen molar-refractivity contribution >= 4 is 32.9 Å². The number of benzene rings is 1. The van der Waals surface area contributed by atoms with Gasteiger partial charge in [-0.1, -0.05) is 41.6 Å². The molecule has 0 amide bonds. The number of nitrogens with two attached hydrogens (primary N) is 1. The zero-order valence-corrected chi connectivity index (χ0v) is 12.0. The molecule has 0 aliphatic heterocycles. The van der Waals surface area contributed by atoms with Gasteiger partial charge < -0.3 is 10.3 Å². The van der Waals surface area contributed by atoms with Crippen molar-refractivity contribution in [2.45, 2.75) is 44.6 Å². The smallest absolute Gasteiger partial charge is 0.201 e. The Morgan fingerprint density at radius 2 is 1.89 bits per heavy atom. The van der Waals surface area contributed by atoms with E-state index in [0.717, 1.165) is 15.5 Å². The van der Waals surface area contributed by atoms with Crippen molar-refractivity contribution in [1.29, 1.82) is 0 Å². The molecule has 1 aliphatic rings. The Morgan fingerprint density at radius 1 is 1.17 bits per heavy atom. The molecule has 2 N–H and O–H groups in total. The number of hydrogen-bond acceptors (Lipinski definition) is 2. The van der Waals surface area contributed by atoms with E-state index >= 15 is 0 Å². The van der Waals surface area contributed by atoms with Crippen molar-refractivity contribution in [2.24, 2.45) is 0 Å². The second kappa shape index (κ2) is 4.92. The summed E-state index contributed by atoms with van der Waals surface area (Å²) in [5.41, 5.74) is 8.28. The van der Waals surface area contributed by atoms with Crippen molar-refractivity contribution < 1.29 is 0 Å². The number of imidazole rings is 1. The zero-order valence-electron chi connectivity index (χ0n) is 10.4. The van der Waals surface area contributed by atoms with Gasteiger partial charge in [0.2, 0.25) is 5.95 Å². The molecule has 1 aliphatic carbocycles. The number of aromatic nitrogens is 2. The number of hydrogen-bond donors (Lipinski definition) is 1. The first-order valence-electron chi connectivity index (χ1n) is 6.68. The summed E-state index contributed by atoms with van der Waals surface area (Å²) in [5.74, 6) is 0.662. The average Bonchev–Trinajstić information content (AvgIpc) is 2.55. The summed E-state index contributed by atoms with van der Waals surface area (Å²) in [6, 6.07) is 6.70. The van der Waals surface area contributed by atoms with Crippen molar-refractivity contribution in [3.63, 3.8) is 0 Å². The molecule has 0 radical (unpaired) electrons. The Bertz CT molecular complexity index is 553. The third kappa shape index (κ3) is 2.14. The molecule has 1 fully saturated rings. The summed E-state index contributed by atoms with van der Waals surface area (Å²) in [6.07, 6.45) is 7.76. The predicted molar refractivity (Wildman–Crippen MR) is 78.6 cm³/mol. The molecule has 1 heterocycles. The van der Waals surface area contributed by atoms with Gasteiger partial charge >= 0.3 is 0 Å². The van der Waals surface area contributed by atoms with Crippen LogP contribution >= 0.6 is 15.9 Å². The van der Waals surface area contributed by atoms with E-state index in [1.165, 1.54) is 38.5 Å². The first kappa shape index (κ1) is 12.0. The lowest BCUT2D eigenvalue weighted by Crippen LogP contribution is -2.11. The minimum absolute atomic E-state index is 0.520. The van der Waals surface area contributed by atoms with Gasteiger partial charge in [-0.05, 0) is 31.0 Å². The van der Waals surface area contributed by atoms with Crippen LogP contribution in [0.2, 0.25) is 0 Å². The lowest BCUT2D eigenvalue weighted by molar-refractivity contribution is 0.459. The van der Waals surface area contributed by atoms with E-state index in [0.29, 0.717) is 12.0 Å². The molecule has 0 bridgehead atoms. The molecule has 1 aromatic carbocycles. The van der Waals surface area contributed by atoms with Crippen LogP contribution in [0.4, 0.5) is 5.95 Å². The average molecular weight is 308 g/mol. The SMILES string of the molecule is Nc1nc2ccc(Br)cc2n1C1CCCCCC1. The molecule has 96 valence electrons. The highest BCUT2D eigenvalue weighted by Crippen LogP contribution is 2.33. The van der Waals surface area contributed by atoms with Crippen LogP contribution in [-0.4, -0.2) is 9.55 Å². The van der Waals surface area contributed by atoms with Crippen molar-refractivity contribution in [3.8, 4) is 0 Å². The van der Waals surface area contributed by atoms with Gasteiger partial charge in [0.05, 0.1) is 11.0 Å². The minimum atomic E-state index is 0.520. The van der Waals surface area contributed by atoms with Gasteiger partial charge in [-0.2, -0.15) is 0 Å². The Labute approximate surface area is 116 Å². The van der Waals surface area contributed by atoms with Gasteiger partial charge in [-0.3, -0.25) is 0 Å². The molecular weight excluding hydrogens is 290 g/mol. The lowest BCUT2D eigenvalue weighted by atomic mass is 10.1. The topological polar surface area (TPSA) is 43.8 Å². The highest BCUT2D eigenvalue weighted by molar-refractivity contribution is 9.10. The van der Waals surface area contributed by atoms with Crippen LogP contribution in [0.15, 0.2) is 22.7 Å². The Morgan fingerprint density at radius 3 is 2.61 bits per heavy atom. The quantitative estimate of drug-likeness (QED) is 0.799. The maximum absolute atomic E-state index is 6.12. The monoisotopic (exact) mass is 307 g/mol. The fourth-order valence-electron chi connectivity index (χ4n) is 2.98. The number of anilines is 1. The maximum Gasteiger partial charge on any atom is 0.201 e. The van der Waals surface area contributed by atoms with E-state index in [1.807, 2.05) is 12.1 Å². The van der Waals surface area contributed by atoms with Gasteiger partial charge in [0.15, 0.2) is 0 Å². The Kier molecular flexibility index (Phi) is 3.29. The molecule has 0 spiro atoms. The van der Waals surface area contributed by atoms with E-state index in [4.69, 9.17) is 5.73 Å². The maximum atomic E-state index is 6.12. The van der Waals surface area contributed by atoms with Crippen LogP contribution in [0.25, 0.3) is 11.0 Å². The van der Waals surface area contributed by atoms with E-state index in [9.17, 15) is 0 Å². The van der Waals surface area contributed by atoms with Crippen molar-refractivity contribution in [2.75, 3.05) is 5.73 Å². The van der Waals surface area contributed by atoms with Crippen LogP contribution in [0.1, 0.15) is 44.6 Å². The highest BCUT2D eigenvalue weighted by atomic mass is 79.9. The summed E-state index contributed by atoms with van der Waals surface area (Å²) in [6.45, 7) is 0. The molecule has 0 unspecified atom stereocenters. The fraction of sp³-hybridized carbons (Fsp3) is 0.500. The third-order valence-corrected chi connectivity index (χ3v) is 4.36. The number of fused-ring (bicyclic) bond motifs is 1. The molecule has 18 heavy (non-hydrogen) atoms. The van der Waals surface area contributed by atoms with Crippen LogP contribution in [0, 0.1) is 0 Å². The molecule has 0 saturated heterocycles. The number of nitrogen functional groups attached to an aromatic ring is 1. The molecule has 0 atom stereocenters. The molecule has 4 heteroatoms. The lowest BCUT2D eigenvalue weighted by Gasteiger charge is -2.18. The van der Waals surface area contributed by atoms with Gasteiger partial charge in [0.25, 0.3) is 0 Å². The first-order valence-corrected chi connectivity index (χ1v) is 7.48. The predicted octanol–water partition coefficient (Wildman–Crippen LogP) is 4.28. The summed E-state index contributed by atoms with van der Waals surface area (Å²) in [7, 11) is 0. The van der Waals surface area contributed by atoms with Crippen LogP contribution in [-0.2, 0) is 0 Å². The van der Waals surface area contributed by atoms with Crippen LogP contribution in [0.5, 0.6) is 0 Å². The minimum Gasteiger partial charge on any atom is -0.369 e. The third-order valence-electron chi connectivity index (χ3n) is 3.87. The highest BCUT2D eigenvalue weighted by Gasteiger charge is 2.19.